The number of rotatable bonds is 5. The van der Waals surface area contributed by atoms with Gasteiger partial charge < -0.3 is 14.5 Å². The molecular formula is C13H23N3O3. The molecule has 0 aromatic rings. The van der Waals surface area contributed by atoms with Crippen molar-refractivity contribution in [3.8, 4) is 0 Å². The maximum atomic E-state index is 12.2. The molecule has 0 aliphatic carbocycles. The first-order valence-corrected chi connectivity index (χ1v) is 6.73. The molecular weight excluding hydrogens is 246 g/mol. The van der Waals surface area contributed by atoms with Crippen molar-refractivity contribution in [2.45, 2.75) is 0 Å². The average molecular weight is 269 g/mol. The number of likely N-dealkylation sites (tertiary alicyclic amines) is 2. The van der Waals surface area contributed by atoms with Crippen molar-refractivity contribution in [1.29, 1.82) is 0 Å². The van der Waals surface area contributed by atoms with Crippen LogP contribution in [0.15, 0.2) is 0 Å². The summed E-state index contributed by atoms with van der Waals surface area (Å²) in [6.45, 7) is 4.06. The lowest BCUT2D eigenvalue weighted by molar-refractivity contribution is -0.133. The van der Waals surface area contributed by atoms with Gasteiger partial charge in [-0.25, -0.2) is 0 Å². The van der Waals surface area contributed by atoms with Gasteiger partial charge in [0.25, 0.3) is 0 Å². The Labute approximate surface area is 114 Å². The minimum Gasteiger partial charge on any atom is -0.383 e. The molecule has 19 heavy (non-hydrogen) atoms. The fourth-order valence-electron chi connectivity index (χ4n) is 2.90. The van der Waals surface area contributed by atoms with E-state index in [-0.39, 0.29) is 17.7 Å². The molecule has 2 aliphatic heterocycles. The zero-order valence-electron chi connectivity index (χ0n) is 12.0. The lowest BCUT2D eigenvalue weighted by atomic mass is 10.0. The van der Waals surface area contributed by atoms with E-state index in [1.807, 2.05) is 4.90 Å². The fourth-order valence-corrected chi connectivity index (χ4v) is 2.90. The lowest BCUT2D eigenvalue weighted by Gasteiger charge is -2.22. The molecule has 2 heterocycles. The highest BCUT2D eigenvalue weighted by molar-refractivity contribution is 5.82. The Bertz CT molecular complexity index is 359. The molecule has 6 nitrogen and oxygen atoms in total. The van der Waals surface area contributed by atoms with E-state index in [0.29, 0.717) is 32.2 Å². The Balaban J connectivity index is 1.85. The minimum absolute atomic E-state index is 0.0758. The van der Waals surface area contributed by atoms with E-state index in [1.54, 1.807) is 26.1 Å². The second-order valence-corrected chi connectivity index (χ2v) is 5.63. The standard InChI is InChI=1S/C13H23N3O3/c1-14(2)12(17)9-15-6-10-7-16(4-5-19-3)13(18)11(10)8-15/h10-11H,4-9H2,1-3H3/t10-,11-/m0/s1. The van der Waals surface area contributed by atoms with Gasteiger partial charge in [0.2, 0.25) is 11.8 Å². The third kappa shape index (κ3) is 3.06. The SMILES string of the molecule is COCCN1C[C@@H]2CN(CC(=O)N(C)C)C[C@@H]2C1=O. The number of nitrogens with zero attached hydrogens (tertiary/aromatic N) is 3. The molecule has 0 aromatic carbocycles. The fraction of sp³-hybridized carbons (Fsp3) is 0.846. The van der Waals surface area contributed by atoms with E-state index in [2.05, 4.69) is 4.90 Å². The quantitative estimate of drug-likeness (QED) is 0.650. The zero-order valence-corrected chi connectivity index (χ0v) is 12.0. The molecule has 2 saturated heterocycles. The van der Waals surface area contributed by atoms with Crippen LogP contribution in [0.5, 0.6) is 0 Å². The van der Waals surface area contributed by atoms with E-state index in [4.69, 9.17) is 4.74 Å². The number of likely N-dealkylation sites (N-methyl/N-ethyl adjacent to an activating group) is 1. The van der Waals surface area contributed by atoms with Crippen molar-refractivity contribution in [2.75, 3.05) is 60.5 Å². The van der Waals surface area contributed by atoms with E-state index in [9.17, 15) is 9.59 Å². The van der Waals surface area contributed by atoms with Crippen LogP contribution < -0.4 is 0 Å². The van der Waals surface area contributed by atoms with Crippen molar-refractivity contribution in [1.82, 2.24) is 14.7 Å². The summed E-state index contributed by atoms with van der Waals surface area (Å²) in [5.41, 5.74) is 0. The van der Waals surface area contributed by atoms with Gasteiger partial charge in [-0.05, 0) is 0 Å². The van der Waals surface area contributed by atoms with Crippen LogP contribution >= 0.6 is 0 Å². The Morgan fingerprint density at radius 3 is 2.68 bits per heavy atom. The predicted octanol–water partition coefficient (Wildman–Crippen LogP) is -0.889. The second-order valence-electron chi connectivity index (χ2n) is 5.63. The molecule has 0 radical (unpaired) electrons. The maximum Gasteiger partial charge on any atom is 0.236 e. The normalized spacial score (nSPS) is 26.9. The van der Waals surface area contributed by atoms with Crippen LogP contribution in [0.4, 0.5) is 0 Å². The summed E-state index contributed by atoms with van der Waals surface area (Å²) >= 11 is 0. The molecule has 2 aliphatic rings. The highest BCUT2D eigenvalue weighted by Gasteiger charge is 2.46. The van der Waals surface area contributed by atoms with Crippen molar-refractivity contribution >= 4 is 11.8 Å². The monoisotopic (exact) mass is 269 g/mol. The minimum atomic E-state index is 0.0758. The molecule has 6 heteroatoms. The van der Waals surface area contributed by atoms with E-state index in [1.165, 1.54) is 0 Å². The zero-order chi connectivity index (χ0) is 14.0. The van der Waals surface area contributed by atoms with E-state index >= 15 is 0 Å². The maximum absolute atomic E-state index is 12.2. The number of amides is 2. The summed E-state index contributed by atoms with van der Waals surface area (Å²) in [5, 5.41) is 0. The summed E-state index contributed by atoms with van der Waals surface area (Å²) in [5.74, 6) is 0.775. The number of ether oxygens (including phenoxy) is 1. The first-order valence-electron chi connectivity index (χ1n) is 6.73. The molecule has 0 bridgehead atoms. The molecule has 0 spiro atoms. The number of hydrogen-bond acceptors (Lipinski definition) is 4. The Hall–Kier alpha value is -1.14. The molecule has 0 saturated carbocycles. The van der Waals surface area contributed by atoms with E-state index < -0.39 is 0 Å². The van der Waals surface area contributed by atoms with E-state index in [0.717, 1.165) is 13.1 Å². The number of carbonyl (C=O) groups is 2. The molecule has 108 valence electrons. The van der Waals surface area contributed by atoms with Crippen LogP contribution in [0, 0.1) is 11.8 Å². The van der Waals surface area contributed by atoms with Gasteiger partial charge in [0.05, 0.1) is 19.1 Å². The lowest BCUT2D eigenvalue weighted by Crippen LogP contribution is -2.39. The van der Waals surface area contributed by atoms with Gasteiger partial charge in [-0.1, -0.05) is 0 Å². The smallest absolute Gasteiger partial charge is 0.236 e. The third-order valence-corrected chi connectivity index (χ3v) is 4.02. The Morgan fingerprint density at radius 1 is 1.37 bits per heavy atom. The number of fused-ring (bicyclic) bond motifs is 1. The first kappa shape index (κ1) is 14.3. The van der Waals surface area contributed by atoms with Crippen LogP contribution in [-0.2, 0) is 14.3 Å². The summed E-state index contributed by atoms with van der Waals surface area (Å²) < 4.78 is 5.02. The Morgan fingerprint density at radius 2 is 2.11 bits per heavy atom. The van der Waals surface area contributed by atoms with Crippen LogP contribution in [0.3, 0.4) is 0 Å². The molecule has 2 rings (SSSR count). The molecule has 2 atom stereocenters. The number of carbonyl (C=O) groups excluding carboxylic acids is 2. The molecule has 2 fully saturated rings. The highest BCUT2D eigenvalue weighted by Crippen LogP contribution is 2.31. The van der Waals surface area contributed by atoms with Gasteiger partial charge in [-0.3, -0.25) is 14.5 Å². The summed E-state index contributed by atoms with van der Waals surface area (Å²) in [7, 11) is 5.17. The predicted molar refractivity (Wildman–Crippen MR) is 70.6 cm³/mol. The number of methoxy groups -OCH3 is 1. The largest absolute Gasteiger partial charge is 0.383 e. The third-order valence-electron chi connectivity index (χ3n) is 4.02. The summed E-state index contributed by atoms with van der Waals surface area (Å²) in [6, 6.07) is 0. The van der Waals surface area contributed by atoms with Crippen LogP contribution in [-0.4, -0.2) is 87.0 Å². The average Bonchev–Trinajstić information content (AvgIpc) is 2.87. The number of hydrogen-bond donors (Lipinski definition) is 0. The van der Waals surface area contributed by atoms with Crippen LogP contribution in [0.1, 0.15) is 0 Å². The highest BCUT2D eigenvalue weighted by atomic mass is 16.5. The van der Waals surface area contributed by atoms with Crippen molar-refractivity contribution in [3.05, 3.63) is 0 Å². The Kier molecular flexibility index (Phi) is 4.42. The summed E-state index contributed by atoms with van der Waals surface area (Å²) in [6.07, 6.45) is 0. The molecule has 2 amide bonds. The van der Waals surface area contributed by atoms with Gasteiger partial charge in [-0.2, -0.15) is 0 Å². The van der Waals surface area contributed by atoms with Gasteiger partial charge in [0.15, 0.2) is 0 Å². The van der Waals surface area contributed by atoms with Crippen LogP contribution in [0.25, 0.3) is 0 Å². The van der Waals surface area contributed by atoms with Gasteiger partial charge in [-0.15, -0.1) is 0 Å². The molecule has 0 N–H and O–H groups in total. The molecule has 0 aromatic heterocycles. The topological polar surface area (TPSA) is 53.1 Å². The first-order chi connectivity index (χ1) is 9.02. The second kappa shape index (κ2) is 5.88. The van der Waals surface area contributed by atoms with Crippen molar-refractivity contribution in [3.63, 3.8) is 0 Å². The van der Waals surface area contributed by atoms with Gasteiger partial charge in [0, 0.05) is 53.3 Å². The molecule has 0 unspecified atom stereocenters. The van der Waals surface area contributed by atoms with Crippen molar-refractivity contribution in [2.24, 2.45) is 11.8 Å². The van der Waals surface area contributed by atoms with Gasteiger partial charge in [0.1, 0.15) is 0 Å². The van der Waals surface area contributed by atoms with Crippen LogP contribution in [0.2, 0.25) is 0 Å². The summed E-state index contributed by atoms with van der Waals surface area (Å²) in [4.78, 5) is 29.5. The van der Waals surface area contributed by atoms with Gasteiger partial charge >= 0.3 is 0 Å². The van der Waals surface area contributed by atoms with Crippen molar-refractivity contribution < 1.29 is 14.3 Å².